The Hall–Kier alpha value is -3.82. The lowest BCUT2D eigenvalue weighted by Gasteiger charge is -2.07. The average Bonchev–Trinajstić information content (AvgIpc) is 3.69. The smallest absolute Gasteiger partial charge is 0.253 e. The molecule has 2 N–H and O–H groups in total. The summed E-state index contributed by atoms with van der Waals surface area (Å²) in [4.78, 5) is 24.9. The van der Waals surface area contributed by atoms with E-state index in [0.29, 0.717) is 31.7 Å². The molecule has 0 aliphatic carbocycles. The van der Waals surface area contributed by atoms with E-state index in [0.717, 1.165) is 11.1 Å². The lowest BCUT2D eigenvalue weighted by atomic mass is 10.2. The second-order valence-electron chi connectivity index (χ2n) is 8.05. The van der Waals surface area contributed by atoms with Crippen LogP contribution in [-0.4, -0.2) is 58.5 Å². The van der Waals surface area contributed by atoms with Gasteiger partial charge in [-0.25, -0.2) is 10.9 Å². The molecule has 3 aromatic rings. The molecule has 0 spiro atoms. The van der Waals surface area contributed by atoms with Gasteiger partial charge in [0.15, 0.2) is 31.7 Å². The third-order valence-corrected chi connectivity index (χ3v) is 8.54. The van der Waals surface area contributed by atoms with Crippen molar-refractivity contribution in [3.8, 4) is 23.0 Å². The predicted octanol–water partition coefficient (Wildman–Crippen LogP) is 3.26. The number of rotatable bonds is 10. The maximum absolute atomic E-state index is 12.4. The van der Waals surface area contributed by atoms with E-state index < -0.39 is 10.5 Å². The molecule has 0 bridgehead atoms. The lowest BCUT2D eigenvalue weighted by molar-refractivity contribution is -0.121. The normalized spacial score (nSPS) is 15.0. The summed E-state index contributed by atoms with van der Waals surface area (Å²) in [7, 11) is 0. The van der Waals surface area contributed by atoms with Crippen molar-refractivity contribution in [1.82, 2.24) is 21.0 Å². The Morgan fingerprint density at radius 3 is 1.69 bits per heavy atom. The molecular formula is C24H22N6O6S3. The van der Waals surface area contributed by atoms with Crippen molar-refractivity contribution in [2.24, 2.45) is 10.2 Å². The molecule has 12 nitrogen and oxygen atoms in total. The second-order valence-corrected chi connectivity index (χ2v) is 12.2. The van der Waals surface area contributed by atoms with Crippen LogP contribution in [0.15, 0.2) is 55.3 Å². The van der Waals surface area contributed by atoms with Crippen LogP contribution in [0.25, 0.3) is 0 Å². The number of carbonyl (C=O) groups is 2. The van der Waals surface area contributed by atoms with E-state index in [1.807, 2.05) is 12.1 Å². The molecule has 2 amide bonds. The van der Waals surface area contributed by atoms with Gasteiger partial charge in [-0.05, 0) is 61.4 Å². The molecule has 2 atom stereocenters. The first-order chi connectivity index (χ1) is 18.9. The molecule has 3 heterocycles. The second kappa shape index (κ2) is 12.4. The standard InChI is InChI=1S/C24H22N6O6S3/c1-13(21(31)27-25-9-15-3-5-17-19(7-15)35-11-33-17)37-23-29-30-24(39-23)38-14(2)22(32)28-26-10-16-4-6-18-20(8-16)36-12-34-18/h3-10,13-14H,11-12H2,1-2H3,(H,27,31)(H,28,32). The van der Waals surface area contributed by atoms with Crippen LogP contribution in [0.5, 0.6) is 23.0 Å². The lowest BCUT2D eigenvalue weighted by Crippen LogP contribution is -2.26. The van der Waals surface area contributed by atoms with Gasteiger partial charge < -0.3 is 18.9 Å². The van der Waals surface area contributed by atoms with Crippen LogP contribution in [-0.2, 0) is 9.59 Å². The van der Waals surface area contributed by atoms with Gasteiger partial charge in [0.1, 0.15) is 0 Å². The van der Waals surface area contributed by atoms with Gasteiger partial charge in [0.25, 0.3) is 11.8 Å². The minimum absolute atomic E-state index is 0.192. The summed E-state index contributed by atoms with van der Waals surface area (Å²) in [6.07, 6.45) is 3.06. The quantitative estimate of drug-likeness (QED) is 0.206. The highest BCUT2D eigenvalue weighted by Crippen LogP contribution is 2.34. The Labute approximate surface area is 235 Å². The molecule has 5 rings (SSSR count). The number of hydrogen-bond donors (Lipinski definition) is 2. The summed E-state index contributed by atoms with van der Waals surface area (Å²) in [5, 5.41) is 15.4. The minimum atomic E-state index is -0.462. The fourth-order valence-electron chi connectivity index (χ4n) is 3.21. The summed E-state index contributed by atoms with van der Waals surface area (Å²) in [5.41, 5.74) is 6.58. The van der Waals surface area contributed by atoms with Crippen molar-refractivity contribution in [2.45, 2.75) is 33.0 Å². The number of nitrogens with one attached hydrogen (secondary N) is 2. The van der Waals surface area contributed by atoms with Crippen molar-refractivity contribution >= 4 is 59.1 Å². The molecule has 2 aliphatic heterocycles. The van der Waals surface area contributed by atoms with Crippen molar-refractivity contribution in [3.63, 3.8) is 0 Å². The molecule has 2 aromatic carbocycles. The number of benzene rings is 2. The first-order valence-electron chi connectivity index (χ1n) is 11.6. The summed E-state index contributed by atoms with van der Waals surface area (Å²) < 4.78 is 22.4. The molecule has 2 aliphatic rings. The fourth-order valence-corrected chi connectivity index (χ4v) is 6.51. The van der Waals surface area contributed by atoms with E-state index in [2.05, 4.69) is 31.3 Å². The van der Waals surface area contributed by atoms with Crippen molar-refractivity contribution in [1.29, 1.82) is 0 Å². The van der Waals surface area contributed by atoms with Gasteiger partial charge in [0.05, 0.1) is 22.9 Å². The molecule has 2 unspecified atom stereocenters. The predicted molar refractivity (Wildman–Crippen MR) is 147 cm³/mol. The van der Waals surface area contributed by atoms with Crippen LogP contribution in [0.1, 0.15) is 25.0 Å². The van der Waals surface area contributed by atoms with Crippen LogP contribution in [0, 0.1) is 0 Å². The number of hydrazone groups is 2. The van der Waals surface area contributed by atoms with E-state index in [1.54, 1.807) is 38.1 Å². The van der Waals surface area contributed by atoms with Crippen molar-refractivity contribution in [3.05, 3.63) is 47.5 Å². The van der Waals surface area contributed by atoms with Crippen LogP contribution < -0.4 is 29.8 Å². The molecular weight excluding hydrogens is 565 g/mol. The van der Waals surface area contributed by atoms with Crippen LogP contribution >= 0.6 is 34.9 Å². The van der Waals surface area contributed by atoms with Gasteiger partial charge in [-0.3, -0.25) is 9.59 Å². The van der Waals surface area contributed by atoms with Crippen molar-refractivity contribution < 1.29 is 28.5 Å². The highest BCUT2D eigenvalue weighted by atomic mass is 32.2. The van der Waals surface area contributed by atoms with E-state index in [4.69, 9.17) is 18.9 Å². The van der Waals surface area contributed by atoms with Crippen LogP contribution in [0.2, 0.25) is 0 Å². The average molecular weight is 587 g/mol. The summed E-state index contributed by atoms with van der Waals surface area (Å²) >= 11 is 3.82. The van der Waals surface area contributed by atoms with Crippen LogP contribution in [0.3, 0.4) is 0 Å². The molecule has 0 saturated heterocycles. The van der Waals surface area contributed by atoms with Gasteiger partial charge in [0.2, 0.25) is 13.6 Å². The fraction of sp³-hybridized carbons (Fsp3) is 0.250. The molecule has 39 heavy (non-hydrogen) atoms. The molecule has 202 valence electrons. The summed E-state index contributed by atoms with van der Waals surface area (Å²) in [6.45, 7) is 3.88. The third-order valence-electron chi connectivity index (χ3n) is 5.25. The van der Waals surface area contributed by atoms with Gasteiger partial charge in [-0.2, -0.15) is 10.2 Å². The first-order valence-corrected chi connectivity index (χ1v) is 14.1. The molecule has 0 saturated carbocycles. The molecule has 1 aromatic heterocycles. The van der Waals surface area contributed by atoms with Gasteiger partial charge >= 0.3 is 0 Å². The number of fused-ring (bicyclic) bond motifs is 2. The van der Waals surface area contributed by atoms with Gasteiger partial charge in [0, 0.05) is 0 Å². The topological polar surface area (TPSA) is 146 Å². The van der Waals surface area contributed by atoms with Gasteiger partial charge in [-0.1, -0.05) is 34.9 Å². The number of aromatic nitrogens is 2. The largest absolute Gasteiger partial charge is 0.454 e. The maximum atomic E-state index is 12.4. The molecule has 15 heteroatoms. The highest BCUT2D eigenvalue weighted by molar-refractivity contribution is 8.04. The molecule has 0 radical (unpaired) electrons. The number of hydrogen-bond acceptors (Lipinski definition) is 13. The van der Waals surface area contributed by atoms with E-state index in [-0.39, 0.29) is 25.4 Å². The highest BCUT2D eigenvalue weighted by Gasteiger charge is 2.20. The van der Waals surface area contributed by atoms with Gasteiger partial charge in [-0.15, -0.1) is 10.2 Å². The number of amides is 2. The van der Waals surface area contributed by atoms with E-state index in [1.165, 1.54) is 47.3 Å². The third kappa shape index (κ3) is 6.99. The Kier molecular flexibility index (Phi) is 8.48. The Bertz CT molecular complexity index is 1330. The van der Waals surface area contributed by atoms with E-state index in [9.17, 15) is 9.59 Å². The maximum Gasteiger partial charge on any atom is 0.253 e. The Balaban J connectivity index is 1.05. The number of carbonyl (C=O) groups excluding carboxylic acids is 2. The summed E-state index contributed by atoms with van der Waals surface area (Å²) in [6, 6.07) is 10.8. The summed E-state index contributed by atoms with van der Waals surface area (Å²) in [5.74, 6) is 2.07. The minimum Gasteiger partial charge on any atom is -0.454 e. The number of thioether (sulfide) groups is 2. The monoisotopic (exact) mass is 586 g/mol. The zero-order chi connectivity index (χ0) is 27.2. The first kappa shape index (κ1) is 26.8. The Morgan fingerprint density at radius 1 is 0.795 bits per heavy atom. The molecule has 0 fully saturated rings. The number of ether oxygens (including phenoxy) is 4. The van der Waals surface area contributed by atoms with Crippen LogP contribution in [0.4, 0.5) is 0 Å². The number of nitrogens with zero attached hydrogens (tertiary/aromatic N) is 4. The zero-order valence-electron chi connectivity index (χ0n) is 20.7. The van der Waals surface area contributed by atoms with Crippen molar-refractivity contribution in [2.75, 3.05) is 13.6 Å². The Morgan fingerprint density at radius 2 is 1.23 bits per heavy atom. The van der Waals surface area contributed by atoms with E-state index >= 15 is 0 Å². The SMILES string of the molecule is CC(Sc1nnc(SC(C)C(=O)NN=Cc2ccc3c(c2)OCO3)s1)C(=O)NN=Cc1ccc2c(c1)OCO2. The zero-order valence-corrected chi connectivity index (χ0v) is 23.1.